The summed E-state index contributed by atoms with van der Waals surface area (Å²) in [6.07, 6.45) is 0.432. The molecule has 0 radical (unpaired) electrons. The third kappa shape index (κ3) is 8.26. The van der Waals surface area contributed by atoms with Crippen LogP contribution >= 0.6 is 0 Å². The smallest absolute Gasteiger partial charge is 0.550 e. The Labute approximate surface area is 262 Å². The largest absolute Gasteiger partial charge is 1.00 e. The van der Waals surface area contributed by atoms with E-state index in [0.29, 0.717) is 30.0 Å². The first-order chi connectivity index (χ1) is 19.2. The molecule has 1 aliphatic rings. The standard InChI is InChI=1S/C31H38FN3O5.Na/c1-20(2)29-27(16-15-24(36)18-25(37)19-28(38)39)35(23-13-11-22(32)12-14-23)33-30(29)31(40)34-17-7-6-10-26(34)21-8-4-3-5-9-21;/h3-5,8-9,11-14,20,24-26,36-37H,6-7,10,15-19H2,1-2H3,(H,38,39);/q;+1/p-1/t24-,25-,26?;/m1./s1. The number of hydrogen-bond acceptors (Lipinski definition) is 6. The number of carboxylic acid groups (broad SMARTS) is 1. The molecule has 8 nitrogen and oxygen atoms in total. The van der Waals surface area contributed by atoms with Crippen LogP contribution in [0.15, 0.2) is 54.6 Å². The minimum Gasteiger partial charge on any atom is -0.550 e. The van der Waals surface area contributed by atoms with Crippen molar-refractivity contribution in [3.8, 4) is 5.69 Å². The summed E-state index contributed by atoms with van der Waals surface area (Å²) in [5, 5.41) is 36.1. The van der Waals surface area contributed by atoms with Gasteiger partial charge in [0.25, 0.3) is 5.91 Å². The van der Waals surface area contributed by atoms with Gasteiger partial charge in [0.1, 0.15) is 5.82 Å². The number of carbonyl (C=O) groups excluding carboxylic acids is 2. The Morgan fingerprint density at radius 2 is 1.73 bits per heavy atom. The van der Waals surface area contributed by atoms with Crippen molar-refractivity contribution < 1.29 is 58.9 Å². The van der Waals surface area contributed by atoms with Crippen LogP contribution in [-0.2, 0) is 11.2 Å². The number of hydrogen-bond donors (Lipinski definition) is 2. The van der Waals surface area contributed by atoms with Gasteiger partial charge in [-0.3, -0.25) is 4.79 Å². The zero-order chi connectivity index (χ0) is 28.8. The Balaban J connectivity index is 0.00000462. The number of carboxylic acids is 1. The number of aromatic nitrogens is 2. The number of aliphatic hydroxyl groups is 2. The van der Waals surface area contributed by atoms with Crippen LogP contribution in [0.4, 0.5) is 4.39 Å². The second-order valence-electron chi connectivity index (χ2n) is 10.8. The summed E-state index contributed by atoms with van der Waals surface area (Å²) >= 11 is 0. The quantitative estimate of drug-likeness (QED) is 0.326. The van der Waals surface area contributed by atoms with E-state index >= 15 is 0 Å². The molecule has 3 aromatic rings. The molecule has 2 heterocycles. The molecule has 1 aromatic heterocycles. The number of rotatable bonds is 11. The molecule has 0 aliphatic carbocycles. The van der Waals surface area contributed by atoms with E-state index in [1.165, 1.54) is 12.1 Å². The van der Waals surface area contributed by atoms with Gasteiger partial charge in [-0.2, -0.15) is 5.10 Å². The van der Waals surface area contributed by atoms with Crippen LogP contribution in [0.2, 0.25) is 0 Å². The number of aliphatic hydroxyl groups excluding tert-OH is 2. The maximum Gasteiger partial charge on any atom is 1.00 e. The molecule has 2 aromatic carbocycles. The molecule has 3 atom stereocenters. The molecule has 41 heavy (non-hydrogen) atoms. The first kappa shape index (κ1) is 32.9. The average molecular weight is 574 g/mol. The fourth-order valence-electron chi connectivity index (χ4n) is 5.61. The van der Waals surface area contributed by atoms with E-state index in [2.05, 4.69) is 0 Å². The van der Waals surface area contributed by atoms with Gasteiger partial charge >= 0.3 is 29.6 Å². The van der Waals surface area contributed by atoms with Gasteiger partial charge in [0.15, 0.2) is 5.69 Å². The van der Waals surface area contributed by atoms with Crippen LogP contribution in [0.25, 0.3) is 5.69 Å². The van der Waals surface area contributed by atoms with Crippen LogP contribution < -0.4 is 34.7 Å². The van der Waals surface area contributed by atoms with Crippen LogP contribution in [0, 0.1) is 5.82 Å². The Morgan fingerprint density at radius 3 is 2.37 bits per heavy atom. The summed E-state index contributed by atoms with van der Waals surface area (Å²) < 4.78 is 15.4. The van der Waals surface area contributed by atoms with E-state index in [1.807, 2.05) is 49.1 Å². The van der Waals surface area contributed by atoms with E-state index in [9.17, 15) is 29.3 Å². The summed E-state index contributed by atoms with van der Waals surface area (Å²) in [5.74, 6) is -2.02. The fourth-order valence-corrected chi connectivity index (χ4v) is 5.61. The molecule has 0 spiro atoms. The number of halogens is 1. The molecular weight excluding hydrogens is 536 g/mol. The van der Waals surface area contributed by atoms with Gasteiger partial charge in [0, 0.05) is 30.2 Å². The van der Waals surface area contributed by atoms with Crippen molar-refractivity contribution in [3.05, 3.63) is 82.9 Å². The zero-order valence-corrected chi connectivity index (χ0v) is 26.0. The maximum absolute atomic E-state index is 14.2. The van der Waals surface area contributed by atoms with E-state index in [-0.39, 0.29) is 60.3 Å². The molecular formula is C31H37FN3NaO5. The van der Waals surface area contributed by atoms with Crippen molar-refractivity contribution in [2.75, 3.05) is 6.54 Å². The van der Waals surface area contributed by atoms with Crippen molar-refractivity contribution in [1.82, 2.24) is 14.7 Å². The Morgan fingerprint density at radius 1 is 1.05 bits per heavy atom. The molecule has 2 N–H and O–H groups in total. The first-order valence-electron chi connectivity index (χ1n) is 13.9. The van der Waals surface area contributed by atoms with Gasteiger partial charge in [0.05, 0.1) is 23.9 Å². The monoisotopic (exact) mass is 573 g/mol. The van der Waals surface area contributed by atoms with E-state index in [0.717, 1.165) is 30.4 Å². The van der Waals surface area contributed by atoms with Gasteiger partial charge in [0.2, 0.25) is 0 Å². The van der Waals surface area contributed by atoms with Gasteiger partial charge in [-0.1, -0.05) is 44.2 Å². The van der Waals surface area contributed by atoms with E-state index in [4.69, 9.17) is 5.10 Å². The molecule has 1 aliphatic heterocycles. The topological polar surface area (TPSA) is 119 Å². The SMILES string of the molecule is CC(C)c1c(C(=O)N2CCCCC2c2ccccc2)nn(-c2ccc(F)cc2)c1CC[C@@H](O)C[C@@H](O)CC(=O)[O-].[Na+]. The predicted octanol–water partition coefficient (Wildman–Crippen LogP) is 0.691. The predicted molar refractivity (Wildman–Crippen MR) is 146 cm³/mol. The zero-order valence-electron chi connectivity index (χ0n) is 24.0. The first-order valence-corrected chi connectivity index (χ1v) is 13.9. The number of amides is 1. The Bertz CT molecular complexity index is 1300. The third-order valence-corrected chi connectivity index (χ3v) is 7.48. The third-order valence-electron chi connectivity index (χ3n) is 7.48. The average Bonchev–Trinajstić information content (AvgIpc) is 3.31. The number of carbonyl (C=O) groups is 2. The van der Waals surface area contributed by atoms with E-state index in [1.54, 1.807) is 16.8 Å². The number of likely N-dealkylation sites (tertiary alicyclic amines) is 1. The molecule has 10 heteroatoms. The maximum atomic E-state index is 14.2. The van der Waals surface area contributed by atoms with Crippen molar-refractivity contribution in [2.24, 2.45) is 0 Å². The van der Waals surface area contributed by atoms with Gasteiger partial charge in [-0.15, -0.1) is 0 Å². The molecule has 4 rings (SSSR count). The van der Waals surface area contributed by atoms with Gasteiger partial charge in [-0.25, -0.2) is 9.07 Å². The number of aliphatic carboxylic acids is 1. The molecule has 1 saturated heterocycles. The molecule has 0 saturated carbocycles. The number of piperidine rings is 1. The van der Waals surface area contributed by atoms with Gasteiger partial charge < -0.3 is 25.0 Å². The molecule has 1 fully saturated rings. The second kappa shape index (κ2) is 15.1. The molecule has 1 unspecified atom stereocenters. The second-order valence-corrected chi connectivity index (χ2v) is 10.8. The van der Waals surface area contributed by atoms with Crippen LogP contribution in [-0.4, -0.2) is 55.5 Å². The number of benzene rings is 2. The van der Waals surface area contributed by atoms with Crippen molar-refractivity contribution >= 4 is 11.9 Å². The Hall–Kier alpha value is -2.56. The summed E-state index contributed by atoms with van der Waals surface area (Å²) in [6, 6.07) is 15.8. The fraction of sp³-hybridized carbons (Fsp3) is 0.452. The minimum atomic E-state index is -1.38. The van der Waals surface area contributed by atoms with Crippen LogP contribution in [0.3, 0.4) is 0 Å². The summed E-state index contributed by atoms with van der Waals surface area (Å²) in [5.41, 5.74) is 3.48. The summed E-state index contributed by atoms with van der Waals surface area (Å²) in [7, 11) is 0. The normalized spacial score (nSPS) is 16.7. The minimum absolute atomic E-state index is 0. The van der Waals surface area contributed by atoms with Crippen molar-refractivity contribution in [2.45, 2.75) is 83.0 Å². The molecule has 214 valence electrons. The summed E-state index contributed by atoms with van der Waals surface area (Å²) in [6.45, 7) is 4.58. The van der Waals surface area contributed by atoms with Crippen LogP contribution in [0.5, 0.6) is 0 Å². The van der Waals surface area contributed by atoms with Gasteiger partial charge in [-0.05, 0) is 74.3 Å². The molecule has 0 bridgehead atoms. The van der Waals surface area contributed by atoms with Crippen molar-refractivity contribution in [3.63, 3.8) is 0 Å². The number of nitrogens with zero attached hydrogens (tertiary/aromatic N) is 3. The molecule has 1 amide bonds. The summed E-state index contributed by atoms with van der Waals surface area (Å²) in [4.78, 5) is 26.9. The van der Waals surface area contributed by atoms with Crippen molar-refractivity contribution in [1.29, 1.82) is 0 Å². The van der Waals surface area contributed by atoms with Crippen LogP contribution in [0.1, 0.15) is 91.6 Å². The Kier molecular flexibility index (Phi) is 12.1. The van der Waals surface area contributed by atoms with E-state index < -0.39 is 30.4 Å².